The van der Waals surface area contributed by atoms with Crippen molar-refractivity contribution in [3.05, 3.63) is 22.9 Å². The molecule has 0 spiro atoms. The molecule has 0 N–H and O–H groups in total. The zero-order valence-corrected chi connectivity index (χ0v) is 18.4. The first kappa shape index (κ1) is 23.6. The van der Waals surface area contributed by atoms with Gasteiger partial charge >= 0.3 is 0 Å². The monoisotopic (exact) mass is 376 g/mol. The van der Waals surface area contributed by atoms with Crippen molar-refractivity contribution in [2.75, 3.05) is 26.9 Å². The Labute approximate surface area is 166 Å². The quantitative estimate of drug-likeness (QED) is 0.418. The highest BCUT2D eigenvalue weighted by molar-refractivity contribution is 6.01. The average molecular weight is 377 g/mol. The van der Waals surface area contributed by atoms with Gasteiger partial charge in [0.15, 0.2) is 0 Å². The number of aryl methyl sites for hydroxylation is 2. The SMILES string of the molecule is CCCOCCC.CN=C(C)c1c(C)cc(C)nc1OCC1CCCCC1. The highest BCUT2D eigenvalue weighted by Crippen LogP contribution is 2.27. The minimum absolute atomic E-state index is 0.693. The smallest absolute Gasteiger partial charge is 0.223 e. The van der Waals surface area contributed by atoms with Gasteiger partial charge in [0.2, 0.25) is 5.88 Å². The Morgan fingerprint density at radius 1 is 1.11 bits per heavy atom. The van der Waals surface area contributed by atoms with Crippen molar-refractivity contribution < 1.29 is 9.47 Å². The number of aliphatic imine (C=N–C) groups is 1. The molecular weight excluding hydrogens is 336 g/mol. The summed E-state index contributed by atoms with van der Waals surface area (Å²) in [4.78, 5) is 8.89. The van der Waals surface area contributed by atoms with Gasteiger partial charge in [-0.2, -0.15) is 0 Å². The first-order chi connectivity index (χ1) is 13.0. The van der Waals surface area contributed by atoms with Crippen LogP contribution in [0.5, 0.6) is 5.88 Å². The van der Waals surface area contributed by atoms with Crippen LogP contribution >= 0.6 is 0 Å². The number of rotatable bonds is 8. The predicted octanol–water partition coefficient (Wildman–Crippen LogP) is 5.92. The van der Waals surface area contributed by atoms with Gasteiger partial charge in [-0.25, -0.2) is 4.98 Å². The van der Waals surface area contributed by atoms with Gasteiger partial charge in [0, 0.05) is 31.7 Å². The summed E-state index contributed by atoms with van der Waals surface area (Å²) in [7, 11) is 1.82. The summed E-state index contributed by atoms with van der Waals surface area (Å²) in [6.07, 6.45) is 8.93. The predicted molar refractivity (Wildman–Crippen MR) is 115 cm³/mol. The van der Waals surface area contributed by atoms with Crippen LogP contribution in [0.2, 0.25) is 0 Å². The molecule has 0 aliphatic heterocycles. The van der Waals surface area contributed by atoms with E-state index in [0.29, 0.717) is 5.92 Å². The molecule has 0 radical (unpaired) electrons. The zero-order chi connectivity index (χ0) is 20.1. The molecule has 0 aromatic carbocycles. The van der Waals surface area contributed by atoms with Crippen LogP contribution < -0.4 is 4.74 Å². The fourth-order valence-electron chi connectivity index (χ4n) is 3.40. The van der Waals surface area contributed by atoms with E-state index in [-0.39, 0.29) is 0 Å². The zero-order valence-electron chi connectivity index (χ0n) is 18.4. The number of hydrogen-bond donors (Lipinski definition) is 0. The van der Waals surface area contributed by atoms with E-state index in [1.807, 2.05) is 20.9 Å². The molecule has 4 heteroatoms. The molecular formula is C23H40N2O2. The summed E-state index contributed by atoms with van der Waals surface area (Å²) in [6.45, 7) is 13.0. The molecule has 1 heterocycles. The van der Waals surface area contributed by atoms with Crippen molar-refractivity contribution in [3.8, 4) is 5.88 Å². The van der Waals surface area contributed by atoms with Crippen LogP contribution in [0.25, 0.3) is 0 Å². The summed E-state index contributed by atoms with van der Waals surface area (Å²) in [6, 6.07) is 2.09. The van der Waals surface area contributed by atoms with Crippen LogP contribution in [-0.2, 0) is 4.74 Å². The molecule has 0 atom stereocenters. The number of ether oxygens (including phenoxy) is 2. The van der Waals surface area contributed by atoms with Gasteiger partial charge in [0.25, 0.3) is 0 Å². The first-order valence-corrected chi connectivity index (χ1v) is 10.7. The Morgan fingerprint density at radius 2 is 1.74 bits per heavy atom. The second kappa shape index (κ2) is 13.7. The second-order valence-electron chi connectivity index (χ2n) is 7.50. The maximum absolute atomic E-state index is 6.07. The lowest BCUT2D eigenvalue weighted by Gasteiger charge is -2.22. The van der Waals surface area contributed by atoms with E-state index in [4.69, 9.17) is 9.47 Å². The standard InChI is InChI=1S/C17H26N2O.C6H14O/c1-12-10-13(2)19-17(16(12)14(3)18-4)20-11-15-8-6-5-7-9-15;1-3-5-7-6-4-2/h10,15H,5-9,11H2,1-4H3;3-6H2,1-2H3. The first-order valence-electron chi connectivity index (χ1n) is 10.7. The van der Waals surface area contributed by atoms with Crippen molar-refractivity contribution in [1.82, 2.24) is 4.98 Å². The van der Waals surface area contributed by atoms with Crippen LogP contribution in [0.4, 0.5) is 0 Å². The molecule has 4 nitrogen and oxygen atoms in total. The third-order valence-electron chi connectivity index (χ3n) is 4.89. The van der Waals surface area contributed by atoms with Crippen LogP contribution in [-0.4, -0.2) is 37.6 Å². The van der Waals surface area contributed by atoms with Gasteiger partial charge in [0.1, 0.15) is 0 Å². The maximum atomic E-state index is 6.07. The molecule has 0 amide bonds. The summed E-state index contributed by atoms with van der Waals surface area (Å²) >= 11 is 0. The van der Waals surface area contributed by atoms with Crippen molar-refractivity contribution >= 4 is 5.71 Å². The summed E-state index contributed by atoms with van der Waals surface area (Å²) < 4.78 is 11.2. The van der Waals surface area contributed by atoms with Crippen molar-refractivity contribution in [2.45, 2.75) is 79.6 Å². The minimum atomic E-state index is 0.693. The van der Waals surface area contributed by atoms with E-state index in [9.17, 15) is 0 Å². The lowest BCUT2D eigenvalue weighted by atomic mass is 9.90. The van der Waals surface area contributed by atoms with Crippen LogP contribution in [0.1, 0.15) is 82.5 Å². The molecule has 1 aromatic heterocycles. The van der Waals surface area contributed by atoms with Gasteiger partial charge in [-0.1, -0.05) is 33.1 Å². The van der Waals surface area contributed by atoms with Gasteiger partial charge in [-0.15, -0.1) is 0 Å². The normalized spacial score (nSPS) is 15.3. The van der Waals surface area contributed by atoms with E-state index in [1.165, 1.54) is 37.7 Å². The molecule has 2 rings (SSSR count). The van der Waals surface area contributed by atoms with Gasteiger partial charge in [-0.3, -0.25) is 4.99 Å². The molecule has 1 aromatic rings. The van der Waals surface area contributed by atoms with Gasteiger partial charge in [-0.05, 0) is 64.0 Å². The van der Waals surface area contributed by atoms with E-state index in [2.05, 4.69) is 36.8 Å². The lowest BCUT2D eigenvalue weighted by Crippen LogP contribution is -2.17. The largest absolute Gasteiger partial charge is 0.477 e. The third kappa shape index (κ3) is 8.87. The number of aromatic nitrogens is 1. The van der Waals surface area contributed by atoms with E-state index < -0.39 is 0 Å². The Kier molecular flexibility index (Phi) is 12.0. The van der Waals surface area contributed by atoms with Crippen LogP contribution in [0.15, 0.2) is 11.1 Å². The van der Waals surface area contributed by atoms with Gasteiger partial charge < -0.3 is 9.47 Å². The summed E-state index contributed by atoms with van der Waals surface area (Å²) in [5.41, 5.74) is 4.26. The molecule has 27 heavy (non-hydrogen) atoms. The van der Waals surface area contributed by atoms with Crippen molar-refractivity contribution in [3.63, 3.8) is 0 Å². The van der Waals surface area contributed by atoms with E-state index >= 15 is 0 Å². The van der Waals surface area contributed by atoms with Crippen LogP contribution in [0.3, 0.4) is 0 Å². The fraction of sp³-hybridized carbons (Fsp3) is 0.739. The number of hydrogen-bond acceptors (Lipinski definition) is 4. The fourth-order valence-corrected chi connectivity index (χ4v) is 3.40. The summed E-state index contributed by atoms with van der Waals surface area (Å²) in [5, 5.41) is 0. The molecule has 1 aliphatic carbocycles. The Hall–Kier alpha value is -1.42. The molecule has 0 bridgehead atoms. The second-order valence-corrected chi connectivity index (χ2v) is 7.50. The Bertz CT molecular complexity index is 560. The minimum Gasteiger partial charge on any atom is -0.477 e. The molecule has 0 saturated heterocycles. The molecule has 0 unspecified atom stereocenters. The van der Waals surface area contributed by atoms with E-state index in [1.54, 1.807) is 0 Å². The number of pyridine rings is 1. The van der Waals surface area contributed by atoms with Crippen molar-refractivity contribution in [1.29, 1.82) is 0 Å². The van der Waals surface area contributed by atoms with Gasteiger partial charge in [0.05, 0.1) is 12.2 Å². The highest BCUT2D eigenvalue weighted by atomic mass is 16.5. The topological polar surface area (TPSA) is 43.7 Å². The molecule has 1 saturated carbocycles. The van der Waals surface area contributed by atoms with E-state index in [0.717, 1.165) is 55.5 Å². The van der Waals surface area contributed by atoms with Crippen LogP contribution in [0, 0.1) is 19.8 Å². The van der Waals surface area contributed by atoms with Crippen molar-refractivity contribution in [2.24, 2.45) is 10.9 Å². The molecule has 1 fully saturated rings. The Morgan fingerprint density at radius 3 is 2.30 bits per heavy atom. The molecule has 1 aliphatic rings. The lowest BCUT2D eigenvalue weighted by molar-refractivity contribution is 0.135. The maximum Gasteiger partial charge on any atom is 0.223 e. The average Bonchev–Trinajstić information content (AvgIpc) is 2.67. The Balaban J connectivity index is 0.000000445. The third-order valence-corrected chi connectivity index (χ3v) is 4.89. The number of nitrogens with zero attached hydrogens (tertiary/aromatic N) is 2. The molecule has 154 valence electrons. The highest BCUT2D eigenvalue weighted by Gasteiger charge is 2.17. The summed E-state index contributed by atoms with van der Waals surface area (Å²) in [5.74, 6) is 1.45.